The fourth-order valence-electron chi connectivity index (χ4n) is 3.79. The first-order chi connectivity index (χ1) is 18.5. The normalized spacial score (nSPS) is 14.4. The molecule has 0 aliphatic carbocycles. The van der Waals surface area contributed by atoms with Crippen molar-refractivity contribution in [1.29, 1.82) is 0 Å². The number of carbonyl (C=O) groups excluding carboxylic acids is 1. The highest BCUT2D eigenvalue weighted by Crippen LogP contribution is 2.31. The molecule has 1 aliphatic rings. The maximum atomic E-state index is 13.1. The molecule has 1 saturated heterocycles. The zero-order chi connectivity index (χ0) is 28.2. The first-order valence-corrected chi connectivity index (χ1v) is 14.9. The fraction of sp³-hybridized carbons (Fsp3) is 0.240. The van der Waals surface area contributed by atoms with Crippen LogP contribution >= 0.6 is 11.6 Å². The topological polar surface area (TPSA) is 140 Å². The SMILES string of the molecule is COc1ccc(OC)c(NS(=O)(=O)c2ccc(NC(=O)c3ccc(Cl)c(S(=O)(=O)N4CCOCC4)c3)cc2)c1. The molecule has 39 heavy (non-hydrogen) atoms. The Morgan fingerprint density at radius 1 is 0.923 bits per heavy atom. The van der Waals surface area contributed by atoms with Crippen molar-refractivity contribution in [3.05, 3.63) is 71.2 Å². The predicted molar refractivity (Wildman–Crippen MR) is 146 cm³/mol. The lowest BCUT2D eigenvalue weighted by Crippen LogP contribution is -2.40. The van der Waals surface area contributed by atoms with Gasteiger partial charge in [0.1, 0.15) is 16.4 Å². The van der Waals surface area contributed by atoms with Gasteiger partial charge >= 0.3 is 0 Å². The van der Waals surface area contributed by atoms with Crippen LogP contribution in [0, 0.1) is 0 Å². The number of nitrogens with zero attached hydrogens (tertiary/aromatic N) is 1. The third kappa shape index (κ3) is 6.45. The smallest absolute Gasteiger partial charge is 0.262 e. The van der Waals surface area contributed by atoms with Crippen LogP contribution in [0.1, 0.15) is 10.4 Å². The average Bonchev–Trinajstić information content (AvgIpc) is 2.93. The van der Waals surface area contributed by atoms with Gasteiger partial charge in [0.15, 0.2) is 0 Å². The summed E-state index contributed by atoms with van der Waals surface area (Å²) in [6, 6.07) is 14.1. The van der Waals surface area contributed by atoms with Gasteiger partial charge in [0.25, 0.3) is 15.9 Å². The van der Waals surface area contributed by atoms with Crippen molar-refractivity contribution in [3.63, 3.8) is 0 Å². The molecule has 0 spiro atoms. The van der Waals surface area contributed by atoms with Gasteiger partial charge in [0.05, 0.1) is 43.0 Å². The third-order valence-electron chi connectivity index (χ3n) is 5.85. The fourth-order valence-corrected chi connectivity index (χ4v) is 6.76. The van der Waals surface area contributed by atoms with Crippen molar-refractivity contribution in [2.24, 2.45) is 0 Å². The highest BCUT2D eigenvalue weighted by molar-refractivity contribution is 7.92. The van der Waals surface area contributed by atoms with Crippen LogP contribution in [0.15, 0.2) is 70.5 Å². The van der Waals surface area contributed by atoms with Gasteiger partial charge in [0, 0.05) is 30.4 Å². The van der Waals surface area contributed by atoms with Crippen LogP contribution in [0.5, 0.6) is 11.5 Å². The Hall–Kier alpha value is -3.36. The van der Waals surface area contributed by atoms with Crippen molar-refractivity contribution in [2.75, 3.05) is 50.6 Å². The molecule has 1 amide bonds. The number of amides is 1. The zero-order valence-corrected chi connectivity index (χ0v) is 23.4. The number of halogens is 1. The number of anilines is 2. The Bertz CT molecular complexity index is 1570. The van der Waals surface area contributed by atoms with Crippen LogP contribution in [0.2, 0.25) is 5.02 Å². The Kier molecular flexibility index (Phi) is 8.67. The Labute approximate surface area is 231 Å². The van der Waals surface area contributed by atoms with Gasteiger partial charge < -0.3 is 19.5 Å². The van der Waals surface area contributed by atoms with E-state index in [2.05, 4.69) is 10.0 Å². The second kappa shape index (κ2) is 11.8. The van der Waals surface area contributed by atoms with E-state index in [1.807, 2.05) is 0 Å². The molecule has 3 aromatic rings. The Morgan fingerprint density at radius 2 is 1.62 bits per heavy atom. The van der Waals surface area contributed by atoms with E-state index in [0.717, 1.165) is 0 Å². The number of sulfonamides is 2. The number of carbonyl (C=O) groups is 1. The largest absolute Gasteiger partial charge is 0.497 e. The summed E-state index contributed by atoms with van der Waals surface area (Å²) in [5.41, 5.74) is 0.556. The predicted octanol–water partition coefficient (Wildman–Crippen LogP) is 3.43. The summed E-state index contributed by atoms with van der Waals surface area (Å²) in [4.78, 5) is 12.7. The van der Waals surface area contributed by atoms with Gasteiger partial charge in [-0.25, -0.2) is 16.8 Å². The van der Waals surface area contributed by atoms with Gasteiger partial charge in [-0.1, -0.05) is 11.6 Å². The summed E-state index contributed by atoms with van der Waals surface area (Å²) in [6.07, 6.45) is 0. The van der Waals surface area contributed by atoms with Crippen molar-refractivity contribution in [3.8, 4) is 11.5 Å². The maximum Gasteiger partial charge on any atom is 0.262 e. The maximum absolute atomic E-state index is 13.1. The molecule has 3 aromatic carbocycles. The summed E-state index contributed by atoms with van der Waals surface area (Å²) >= 11 is 6.17. The Morgan fingerprint density at radius 3 is 2.26 bits per heavy atom. The number of ether oxygens (including phenoxy) is 3. The van der Waals surface area contributed by atoms with Gasteiger partial charge in [0.2, 0.25) is 10.0 Å². The molecular weight excluding hydrogens is 570 g/mol. The number of benzene rings is 3. The van der Waals surface area contributed by atoms with Gasteiger partial charge in [-0.15, -0.1) is 0 Å². The van der Waals surface area contributed by atoms with Crippen molar-refractivity contribution in [1.82, 2.24) is 4.31 Å². The minimum absolute atomic E-state index is 0.00670. The number of nitrogens with one attached hydrogen (secondary N) is 2. The number of morpholine rings is 1. The molecule has 0 saturated carbocycles. The lowest BCUT2D eigenvalue weighted by Gasteiger charge is -2.26. The first-order valence-electron chi connectivity index (χ1n) is 11.6. The molecule has 208 valence electrons. The van der Waals surface area contributed by atoms with Gasteiger partial charge in [-0.3, -0.25) is 9.52 Å². The second-order valence-corrected chi connectivity index (χ2v) is 12.3. The second-order valence-electron chi connectivity index (χ2n) is 8.31. The third-order valence-corrected chi connectivity index (χ3v) is 9.62. The van der Waals surface area contributed by atoms with Crippen LogP contribution in [0.4, 0.5) is 11.4 Å². The summed E-state index contributed by atoms with van der Waals surface area (Å²) in [7, 11) is -5.05. The molecule has 14 heteroatoms. The molecule has 1 aliphatic heterocycles. The van der Waals surface area contributed by atoms with Crippen molar-refractivity contribution >= 4 is 48.9 Å². The van der Waals surface area contributed by atoms with Crippen LogP contribution in [0.3, 0.4) is 0 Å². The van der Waals surface area contributed by atoms with Crippen molar-refractivity contribution < 1.29 is 35.8 Å². The van der Waals surface area contributed by atoms with E-state index in [1.165, 1.54) is 67.1 Å². The summed E-state index contributed by atoms with van der Waals surface area (Å²) in [5.74, 6) is 0.149. The monoisotopic (exact) mass is 595 g/mol. The summed E-state index contributed by atoms with van der Waals surface area (Å²) in [6.45, 7) is 0.907. The van der Waals surface area contributed by atoms with E-state index in [-0.39, 0.29) is 52.4 Å². The minimum Gasteiger partial charge on any atom is -0.497 e. The van der Waals surface area contributed by atoms with Gasteiger partial charge in [-0.2, -0.15) is 4.31 Å². The minimum atomic E-state index is -4.00. The van der Waals surface area contributed by atoms with Crippen LogP contribution < -0.4 is 19.5 Å². The molecule has 0 bridgehead atoms. The lowest BCUT2D eigenvalue weighted by molar-refractivity contribution is 0.0730. The standard InChI is InChI=1S/C25H26ClN3O8S2/c1-35-19-6-10-23(36-2)22(16-19)28-38(31,32)20-7-4-18(5-8-20)27-25(30)17-3-9-21(26)24(15-17)39(33,34)29-11-13-37-14-12-29/h3-10,15-16,28H,11-14H2,1-2H3,(H,27,30). The lowest BCUT2D eigenvalue weighted by atomic mass is 10.2. The summed E-state index contributed by atoms with van der Waals surface area (Å²) in [5, 5.41) is 2.63. The molecule has 1 heterocycles. The van der Waals surface area contributed by atoms with Gasteiger partial charge in [-0.05, 0) is 54.6 Å². The van der Waals surface area contributed by atoms with E-state index in [0.29, 0.717) is 17.2 Å². The quantitative estimate of drug-likeness (QED) is 0.383. The highest BCUT2D eigenvalue weighted by atomic mass is 35.5. The average molecular weight is 596 g/mol. The first kappa shape index (κ1) is 28.6. The molecule has 0 unspecified atom stereocenters. The van der Waals surface area contributed by atoms with E-state index >= 15 is 0 Å². The number of methoxy groups -OCH3 is 2. The van der Waals surface area contributed by atoms with Crippen LogP contribution in [0.25, 0.3) is 0 Å². The zero-order valence-electron chi connectivity index (χ0n) is 21.0. The van der Waals surface area contributed by atoms with E-state index in [4.69, 9.17) is 25.8 Å². The number of hydrogen-bond acceptors (Lipinski definition) is 8. The summed E-state index contributed by atoms with van der Waals surface area (Å²) < 4.78 is 71.3. The van der Waals surface area contributed by atoms with Crippen molar-refractivity contribution in [2.45, 2.75) is 9.79 Å². The van der Waals surface area contributed by atoms with E-state index in [1.54, 1.807) is 12.1 Å². The molecule has 4 rings (SSSR count). The molecule has 2 N–H and O–H groups in total. The molecule has 0 aromatic heterocycles. The molecular formula is C25H26ClN3O8S2. The molecule has 11 nitrogen and oxygen atoms in total. The molecule has 0 radical (unpaired) electrons. The van der Waals surface area contributed by atoms with E-state index in [9.17, 15) is 21.6 Å². The highest BCUT2D eigenvalue weighted by Gasteiger charge is 2.29. The van der Waals surface area contributed by atoms with E-state index < -0.39 is 26.0 Å². The van der Waals surface area contributed by atoms with Crippen LogP contribution in [-0.2, 0) is 24.8 Å². The number of hydrogen-bond donors (Lipinski definition) is 2. The number of rotatable bonds is 9. The Balaban J connectivity index is 1.50. The molecule has 0 atom stereocenters. The molecule has 1 fully saturated rings. The van der Waals surface area contributed by atoms with Crippen LogP contribution in [-0.4, -0.2) is 67.6 Å².